The third kappa shape index (κ3) is 3.97. The van der Waals surface area contributed by atoms with Crippen molar-refractivity contribution in [1.82, 2.24) is 0 Å². The Kier molecular flexibility index (Phi) is 3.94. The van der Waals surface area contributed by atoms with Crippen LogP contribution in [0.1, 0.15) is 24.0 Å². The molecule has 0 aliphatic carbocycles. The zero-order valence-corrected chi connectivity index (χ0v) is 8.03. The van der Waals surface area contributed by atoms with E-state index in [2.05, 4.69) is 11.8 Å². The smallest absolute Gasteiger partial charge is 0.304 e. The van der Waals surface area contributed by atoms with Gasteiger partial charge in [0.25, 0.3) is 0 Å². The van der Waals surface area contributed by atoms with Crippen LogP contribution in [0.5, 0.6) is 0 Å². The van der Waals surface area contributed by atoms with Gasteiger partial charge in [-0.1, -0.05) is 11.8 Å². The molecule has 3 nitrogen and oxygen atoms in total. The summed E-state index contributed by atoms with van der Waals surface area (Å²) in [5.74, 6) is 4.74. The molecule has 15 heavy (non-hydrogen) atoms. The van der Waals surface area contributed by atoms with Gasteiger partial charge in [0.1, 0.15) is 0 Å². The molecule has 0 fully saturated rings. The minimum atomic E-state index is -0.843. The Hall–Kier alpha value is -2.26. The van der Waals surface area contributed by atoms with Crippen molar-refractivity contribution in [3.8, 4) is 17.9 Å². The number of nitriles is 1. The van der Waals surface area contributed by atoms with Crippen LogP contribution in [0.25, 0.3) is 0 Å². The molecule has 0 unspecified atom stereocenters. The highest BCUT2D eigenvalue weighted by molar-refractivity contribution is 5.67. The molecule has 0 aliphatic heterocycles. The van der Waals surface area contributed by atoms with Crippen LogP contribution in [0.2, 0.25) is 0 Å². The van der Waals surface area contributed by atoms with Crippen molar-refractivity contribution in [2.75, 3.05) is 0 Å². The Morgan fingerprint density at radius 3 is 2.40 bits per heavy atom. The SMILES string of the molecule is N#Cc1ccc(C#CCCC(=O)O)cc1. The molecule has 0 atom stereocenters. The lowest BCUT2D eigenvalue weighted by Crippen LogP contribution is -1.91. The Bertz CT molecular complexity index is 443. The molecule has 0 saturated carbocycles. The lowest BCUT2D eigenvalue weighted by atomic mass is 10.1. The van der Waals surface area contributed by atoms with E-state index in [-0.39, 0.29) is 6.42 Å². The molecule has 0 aromatic heterocycles. The second-order valence-electron chi connectivity index (χ2n) is 2.88. The highest BCUT2D eigenvalue weighted by Gasteiger charge is 1.92. The van der Waals surface area contributed by atoms with Crippen LogP contribution in [0.15, 0.2) is 24.3 Å². The van der Waals surface area contributed by atoms with E-state index in [9.17, 15) is 4.79 Å². The van der Waals surface area contributed by atoms with Crippen LogP contribution < -0.4 is 0 Å². The molecule has 1 aromatic rings. The summed E-state index contributed by atoms with van der Waals surface area (Å²) in [7, 11) is 0. The number of aliphatic carboxylic acids is 1. The van der Waals surface area contributed by atoms with Gasteiger partial charge in [-0.25, -0.2) is 0 Å². The van der Waals surface area contributed by atoms with Gasteiger partial charge < -0.3 is 5.11 Å². The molecule has 0 aliphatic rings. The van der Waals surface area contributed by atoms with Crippen molar-refractivity contribution < 1.29 is 9.90 Å². The zero-order chi connectivity index (χ0) is 11.1. The van der Waals surface area contributed by atoms with Crippen LogP contribution in [-0.2, 0) is 4.79 Å². The molecule has 74 valence electrons. The summed E-state index contributed by atoms with van der Waals surface area (Å²) in [4.78, 5) is 10.2. The van der Waals surface area contributed by atoms with Gasteiger partial charge in [0.2, 0.25) is 0 Å². The van der Waals surface area contributed by atoms with Gasteiger partial charge in [0, 0.05) is 12.0 Å². The van der Waals surface area contributed by atoms with E-state index < -0.39 is 5.97 Å². The predicted molar refractivity (Wildman–Crippen MR) is 54.9 cm³/mol. The number of rotatable bonds is 2. The molecule has 0 heterocycles. The summed E-state index contributed by atoms with van der Waals surface area (Å²) in [5, 5.41) is 16.9. The van der Waals surface area contributed by atoms with E-state index >= 15 is 0 Å². The average Bonchev–Trinajstić information content (AvgIpc) is 2.25. The molecule has 0 radical (unpaired) electrons. The van der Waals surface area contributed by atoms with E-state index in [1.807, 2.05) is 6.07 Å². The maximum atomic E-state index is 10.2. The van der Waals surface area contributed by atoms with Crippen molar-refractivity contribution in [1.29, 1.82) is 5.26 Å². The first-order valence-corrected chi connectivity index (χ1v) is 4.43. The normalized spacial score (nSPS) is 8.47. The van der Waals surface area contributed by atoms with Crippen molar-refractivity contribution in [2.24, 2.45) is 0 Å². The molecule has 1 N–H and O–H groups in total. The van der Waals surface area contributed by atoms with Crippen molar-refractivity contribution in [3.63, 3.8) is 0 Å². The summed E-state index contributed by atoms with van der Waals surface area (Å²) in [6.07, 6.45) is 0.401. The number of carboxylic acids is 1. The quantitative estimate of drug-likeness (QED) is 0.738. The number of carboxylic acid groups (broad SMARTS) is 1. The Morgan fingerprint density at radius 2 is 1.87 bits per heavy atom. The number of nitrogens with zero attached hydrogens (tertiary/aromatic N) is 1. The van der Waals surface area contributed by atoms with Gasteiger partial charge >= 0.3 is 5.97 Å². The van der Waals surface area contributed by atoms with Crippen molar-refractivity contribution >= 4 is 5.97 Å². The Balaban J connectivity index is 2.57. The Labute approximate surface area is 88.0 Å². The first kappa shape index (κ1) is 10.8. The first-order valence-electron chi connectivity index (χ1n) is 4.43. The minimum Gasteiger partial charge on any atom is -0.481 e. The fourth-order valence-electron chi connectivity index (χ4n) is 0.962. The maximum Gasteiger partial charge on any atom is 0.304 e. The zero-order valence-electron chi connectivity index (χ0n) is 8.03. The lowest BCUT2D eigenvalue weighted by molar-refractivity contribution is -0.136. The molecule has 1 rings (SSSR count). The fourth-order valence-corrected chi connectivity index (χ4v) is 0.962. The molecule has 0 bridgehead atoms. The second-order valence-corrected chi connectivity index (χ2v) is 2.88. The van der Waals surface area contributed by atoms with Crippen LogP contribution in [-0.4, -0.2) is 11.1 Å². The molecule has 0 spiro atoms. The van der Waals surface area contributed by atoms with Crippen molar-refractivity contribution in [3.05, 3.63) is 35.4 Å². The van der Waals surface area contributed by atoms with Gasteiger partial charge in [0.15, 0.2) is 0 Å². The lowest BCUT2D eigenvalue weighted by Gasteiger charge is -1.89. The molecule has 3 heteroatoms. The van der Waals surface area contributed by atoms with Gasteiger partial charge in [-0.3, -0.25) is 4.79 Å². The largest absolute Gasteiger partial charge is 0.481 e. The maximum absolute atomic E-state index is 10.2. The summed E-state index contributed by atoms with van der Waals surface area (Å²) >= 11 is 0. The summed E-state index contributed by atoms with van der Waals surface area (Å²) in [6.45, 7) is 0. The molecule has 0 saturated heterocycles. The monoisotopic (exact) mass is 199 g/mol. The summed E-state index contributed by atoms with van der Waals surface area (Å²) in [5.41, 5.74) is 1.38. The standard InChI is InChI=1S/C12H9NO2/c13-9-11-7-5-10(6-8-11)3-1-2-4-12(14)15/h5-8H,2,4H2,(H,14,15). The second kappa shape index (κ2) is 5.47. The average molecular weight is 199 g/mol. The molecular formula is C12H9NO2. The fraction of sp³-hybridized carbons (Fsp3) is 0.167. The molecular weight excluding hydrogens is 190 g/mol. The number of carbonyl (C=O) groups is 1. The van der Waals surface area contributed by atoms with Crippen LogP contribution in [0, 0.1) is 23.2 Å². The van der Waals surface area contributed by atoms with E-state index in [0.29, 0.717) is 12.0 Å². The highest BCUT2D eigenvalue weighted by atomic mass is 16.4. The topological polar surface area (TPSA) is 61.1 Å². The number of hydrogen-bond acceptors (Lipinski definition) is 2. The van der Waals surface area contributed by atoms with Gasteiger partial charge in [-0.05, 0) is 24.3 Å². The minimum absolute atomic E-state index is 0.0588. The van der Waals surface area contributed by atoms with E-state index in [1.165, 1.54) is 0 Å². The summed E-state index contributed by atoms with van der Waals surface area (Å²) < 4.78 is 0. The van der Waals surface area contributed by atoms with Gasteiger partial charge in [0.05, 0.1) is 18.1 Å². The van der Waals surface area contributed by atoms with Crippen LogP contribution in [0.4, 0.5) is 0 Å². The predicted octanol–water partition coefficient (Wildman–Crippen LogP) is 1.77. The van der Waals surface area contributed by atoms with Gasteiger partial charge in [-0.15, -0.1) is 0 Å². The Morgan fingerprint density at radius 1 is 1.27 bits per heavy atom. The van der Waals surface area contributed by atoms with E-state index in [4.69, 9.17) is 10.4 Å². The highest BCUT2D eigenvalue weighted by Crippen LogP contribution is 2.01. The summed E-state index contributed by atoms with van der Waals surface area (Å²) in [6, 6.07) is 8.86. The third-order valence-electron chi connectivity index (χ3n) is 1.71. The van der Waals surface area contributed by atoms with Gasteiger partial charge in [-0.2, -0.15) is 5.26 Å². The third-order valence-corrected chi connectivity index (χ3v) is 1.71. The first-order chi connectivity index (χ1) is 7.22. The number of hydrogen-bond donors (Lipinski definition) is 1. The molecule has 0 amide bonds. The van der Waals surface area contributed by atoms with E-state index in [1.54, 1.807) is 24.3 Å². The van der Waals surface area contributed by atoms with E-state index in [0.717, 1.165) is 5.56 Å². The number of benzene rings is 1. The van der Waals surface area contributed by atoms with Crippen LogP contribution >= 0.6 is 0 Å². The van der Waals surface area contributed by atoms with Crippen LogP contribution in [0.3, 0.4) is 0 Å². The van der Waals surface area contributed by atoms with Crippen molar-refractivity contribution in [2.45, 2.75) is 12.8 Å². The molecule has 1 aromatic carbocycles.